The lowest BCUT2D eigenvalue weighted by Crippen LogP contribution is -2.24. The lowest BCUT2D eigenvalue weighted by atomic mass is 9.90. The number of benzene rings is 3. The van der Waals surface area contributed by atoms with Gasteiger partial charge < -0.3 is 15.5 Å². The topological polar surface area (TPSA) is 133 Å². The van der Waals surface area contributed by atoms with E-state index in [9.17, 15) is 28.2 Å². The molecule has 8 nitrogen and oxygen atoms in total. The Morgan fingerprint density at radius 2 is 1.34 bits per heavy atom. The summed E-state index contributed by atoms with van der Waals surface area (Å²) in [5.41, 5.74) is -0.601. The van der Waals surface area contributed by atoms with Gasteiger partial charge in [-0.15, -0.1) is 0 Å². The maximum atomic E-state index is 12.9. The minimum atomic E-state index is -3.94. The molecule has 4 rings (SSSR count). The third kappa shape index (κ3) is 3.79. The van der Waals surface area contributed by atoms with Gasteiger partial charge in [-0.25, -0.2) is 8.42 Å². The monoisotopic (exact) mass is 470 g/mol. The number of carbonyl (C=O) groups is 2. The van der Waals surface area contributed by atoms with Crippen molar-refractivity contribution >= 4 is 44.6 Å². The van der Waals surface area contributed by atoms with E-state index in [2.05, 4.69) is 10.0 Å². The summed E-state index contributed by atoms with van der Waals surface area (Å²) in [6, 6.07) is 16.0. The number of allylic oxidation sites excluding steroid dienone is 2. The minimum Gasteiger partial charge on any atom is -0.507 e. The fraction of sp³-hybridized carbons (Fsp3) is 0. The lowest BCUT2D eigenvalue weighted by Gasteiger charge is -2.20. The van der Waals surface area contributed by atoms with Gasteiger partial charge in [0.2, 0.25) is 11.6 Å². The second-order valence-electron chi connectivity index (χ2n) is 6.83. The molecular weight excluding hydrogens is 456 g/mol. The normalized spacial score (nSPS) is 13.7. The van der Waals surface area contributed by atoms with E-state index >= 15 is 0 Å². The molecule has 0 bridgehead atoms. The SMILES string of the molecule is O=C1C(Cl)=C(Nc2cccc(S(=O)(=O)Nc3ccccc3)c2)C(=O)c2c(O)ccc(O)c21. The highest BCUT2D eigenvalue weighted by atomic mass is 35.5. The van der Waals surface area contributed by atoms with E-state index in [-0.39, 0.29) is 16.3 Å². The van der Waals surface area contributed by atoms with Crippen LogP contribution in [0, 0.1) is 0 Å². The van der Waals surface area contributed by atoms with Crippen LogP contribution in [0.25, 0.3) is 0 Å². The number of sulfonamides is 1. The molecule has 1 aliphatic rings. The first-order chi connectivity index (χ1) is 15.2. The van der Waals surface area contributed by atoms with Gasteiger partial charge in [0.05, 0.1) is 16.0 Å². The largest absolute Gasteiger partial charge is 0.507 e. The van der Waals surface area contributed by atoms with E-state index in [1.165, 1.54) is 24.3 Å². The third-order valence-electron chi connectivity index (χ3n) is 4.70. The number of phenols is 2. The molecule has 0 saturated heterocycles. The van der Waals surface area contributed by atoms with E-state index in [0.29, 0.717) is 5.69 Å². The highest BCUT2D eigenvalue weighted by Crippen LogP contribution is 2.38. The van der Waals surface area contributed by atoms with Crippen molar-refractivity contribution in [3.8, 4) is 11.5 Å². The number of ketones is 2. The summed E-state index contributed by atoms with van der Waals surface area (Å²) >= 11 is 6.09. The fourth-order valence-electron chi connectivity index (χ4n) is 3.21. The number of Topliss-reactive ketones (excluding diaryl/α,β-unsaturated/α-hetero) is 2. The van der Waals surface area contributed by atoms with Crippen LogP contribution < -0.4 is 10.0 Å². The van der Waals surface area contributed by atoms with E-state index < -0.39 is 49.2 Å². The Hall–Kier alpha value is -3.82. The zero-order valence-corrected chi connectivity index (χ0v) is 17.7. The predicted octanol–water partition coefficient (Wildman–Crippen LogP) is 3.84. The Kier molecular flexibility index (Phi) is 5.37. The minimum absolute atomic E-state index is 0.0986. The molecule has 0 atom stereocenters. The van der Waals surface area contributed by atoms with E-state index in [0.717, 1.165) is 12.1 Å². The van der Waals surface area contributed by atoms with Crippen LogP contribution in [0.3, 0.4) is 0 Å². The van der Waals surface area contributed by atoms with Crippen molar-refractivity contribution in [3.63, 3.8) is 0 Å². The first kappa shape index (κ1) is 21.4. The van der Waals surface area contributed by atoms with Gasteiger partial charge >= 0.3 is 0 Å². The summed E-state index contributed by atoms with van der Waals surface area (Å²) in [6.45, 7) is 0. The Morgan fingerprint density at radius 1 is 0.750 bits per heavy atom. The van der Waals surface area contributed by atoms with Crippen molar-refractivity contribution in [3.05, 3.63) is 88.6 Å². The van der Waals surface area contributed by atoms with Crippen molar-refractivity contribution in [1.29, 1.82) is 0 Å². The summed E-state index contributed by atoms with van der Waals surface area (Å²) in [4.78, 5) is 25.4. The average molecular weight is 471 g/mol. The van der Waals surface area contributed by atoms with E-state index in [1.807, 2.05) is 0 Å². The van der Waals surface area contributed by atoms with Crippen LogP contribution in [-0.4, -0.2) is 30.2 Å². The van der Waals surface area contributed by atoms with Gasteiger partial charge in [-0.3, -0.25) is 14.3 Å². The van der Waals surface area contributed by atoms with Crippen molar-refractivity contribution in [2.24, 2.45) is 0 Å². The summed E-state index contributed by atoms with van der Waals surface area (Å²) in [6.07, 6.45) is 0. The van der Waals surface area contributed by atoms with Gasteiger partial charge in [-0.1, -0.05) is 35.9 Å². The Labute approximate surface area is 187 Å². The molecule has 0 radical (unpaired) electrons. The number of hydrogen-bond acceptors (Lipinski definition) is 7. The number of para-hydroxylation sites is 1. The highest BCUT2D eigenvalue weighted by Gasteiger charge is 2.36. The molecular formula is C22H15ClN2O6S. The zero-order valence-electron chi connectivity index (χ0n) is 16.2. The maximum absolute atomic E-state index is 12.9. The number of carbonyl (C=O) groups excluding carboxylic acids is 2. The van der Waals surface area contributed by atoms with Gasteiger partial charge in [0.1, 0.15) is 22.2 Å². The van der Waals surface area contributed by atoms with Gasteiger partial charge in [0.25, 0.3) is 10.0 Å². The molecule has 0 aromatic heterocycles. The number of aromatic hydroxyl groups is 2. The van der Waals surface area contributed by atoms with Crippen LogP contribution in [0.1, 0.15) is 20.7 Å². The summed E-state index contributed by atoms with van der Waals surface area (Å²) in [5, 5.41) is 22.2. The standard InChI is InChI=1S/C22H15ClN2O6S/c23-19-20(22(29)18-16(27)10-9-15(26)17(18)21(19)28)24-13-7-4-8-14(11-13)32(30,31)25-12-5-2-1-3-6-12/h1-11,24-27H. The lowest BCUT2D eigenvalue weighted by molar-refractivity contribution is 0.0977. The van der Waals surface area contributed by atoms with Gasteiger partial charge in [-0.05, 0) is 42.5 Å². The highest BCUT2D eigenvalue weighted by molar-refractivity contribution is 7.92. The first-order valence-electron chi connectivity index (χ1n) is 9.18. The van der Waals surface area contributed by atoms with E-state index in [4.69, 9.17) is 11.6 Å². The molecule has 0 saturated carbocycles. The Bertz CT molecular complexity index is 1400. The molecule has 0 fully saturated rings. The molecule has 0 heterocycles. The number of anilines is 2. The quantitative estimate of drug-likeness (QED) is 0.416. The number of rotatable bonds is 5. The maximum Gasteiger partial charge on any atom is 0.261 e. The Balaban J connectivity index is 1.68. The predicted molar refractivity (Wildman–Crippen MR) is 119 cm³/mol. The van der Waals surface area contributed by atoms with Crippen LogP contribution in [0.4, 0.5) is 11.4 Å². The van der Waals surface area contributed by atoms with Crippen LogP contribution in [0.2, 0.25) is 0 Å². The second kappa shape index (κ2) is 8.03. The number of nitrogens with one attached hydrogen (secondary N) is 2. The zero-order chi connectivity index (χ0) is 23.0. The molecule has 3 aromatic rings. The van der Waals surface area contributed by atoms with Crippen LogP contribution in [0.15, 0.2) is 82.4 Å². The molecule has 1 aliphatic carbocycles. The van der Waals surface area contributed by atoms with Gasteiger partial charge in [-0.2, -0.15) is 0 Å². The molecule has 4 N–H and O–H groups in total. The van der Waals surface area contributed by atoms with Crippen molar-refractivity contribution in [1.82, 2.24) is 0 Å². The molecule has 0 unspecified atom stereocenters. The number of phenolic OH excluding ortho intramolecular Hbond substituents is 2. The second-order valence-corrected chi connectivity index (χ2v) is 8.89. The smallest absolute Gasteiger partial charge is 0.261 e. The van der Waals surface area contributed by atoms with Crippen molar-refractivity contribution in [2.75, 3.05) is 10.0 Å². The molecule has 32 heavy (non-hydrogen) atoms. The first-order valence-corrected chi connectivity index (χ1v) is 11.0. The van der Waals surface area contributed by atoms with Crippen molar-refractivity contribution < 1.29 is 28.2 Å². The fourth-order valence-corrected chi connectivity index (χ4v) is 4.54. The molecule has 0 spiro atoms. The van der Waals surface area contributed by atoms with Gasteiger partial charge in [0.15, 0.2) is 0 Å². The summed E-state index contributed by atoms with van der Waals surface area (Å²) < 4.78 is 27.9. The van der Waals surface area contributed by atoms with E-state index in [1.54, 1.807) is 30.3 Å². The van der Waals surface area contributed by atoms with Crippen molar-refractivity contribution in [2.45, 2.75) is 4.90 Å². The molecule has 162 valence electrons. The average Bonchev–Trinajstić information content (AvgIpc) is 2.77. The number of hydrogen-bond donors (Lipinski definition) is 4. The van der Waals surface area contributed by atoms with Crippen LogP contribution in [-0.2, 0) is 10.0 Å². The Morgan fingerprint density at radius 3 is 2.00 bits per heavy atom. The molecule has 10 heteroatoms. The molecule has 0 amide bonds. The number of fused-ring (bicyclic) bond motifs is 1. The number of halogens is 1. The van der Waals surface area contributed by atoms with Crippen LogP contribution >= 0.6 is 11.6 Å². The molecule has 0 aliphatic heterocycles. The molecule has 3 aromatic carbocycles. The van der Waals surface area contributed by atoms with Crippen LogP contribution in [0.5, 0.6) is 11.5 Å². The summed E-state index contributed by atoms with van der Waals surface area (Å²) in [7, 11) is -3.94. The van der Waals surface area contributed by atoms with Gasteiger partial charge in [0, 0.05) is 11.4 Å². The summed E-state index contributed by atoms with van der Waals surface area (Å²) in [5.74, 6) is -2.67. The third-order valence-corrected chi connectivity index (χ3v) is 6.44.